The van der Waals surface area contributed by atoms with Crippen molar-refractivity contribution >= 4 is 17.8 Å². The van der Waals surface area contributed by atoms with Crippen molar-refractivity contribution in [2.45, 2.75) is 77.6 Å². The molecule has 0 aliphatic carbocycles. The number of rotatable bonds is 15. The summed E-state index contributed by atoms with van der Waals surface area (Å²) in [6.07, 6.45) is 14.9. The third kappa shape index (κ3) is 8.11. The number of benzene rings is 2. The van der Waals surface area contributed by atoms with Gasteiger partial charge in [0, 0.05) is 16.8 Å². The number of hydrogen-bond acceptors (Lipinski definition) is 2. The van der Waals surface area contributed by atoms with Crippen LogP contribution in [0.4, 0.5) is 0 Å². The third-order valence-electron chi connectivity index (χ3n) is 5.76. The first kappa shape index (κ1) is 23.9. The second kappa shape index (κ2) is 13.8. The van der Waals surface area contributed by atoms with Crippen molar-refractivity contribution in [1.82, 2.24) is 0 Å². The molecule has 0 bridgehead atoms. The lowest BCUT2D eigenvalue weighted by Crippen LogP contribution is -2.20. The maximum atomic E-state index is 13.6. The third-order valence-corrected chi connectivity index (χ3v) is 8.86. The first-order valence-electron chi connectivity index (χ1n) is 11.6. The molecule has 160 valence electrons. The first-order valence-corrected chi connectivity index (χ1v) is 13.4. The van der Waals surface area contributed by atoms with Gasteiger partial charge < -0.3 is 9.67 Å². The summed E-state index contributed by atoms with van der Waals surface area (Å²) in [4.78, 5) is 0. The zero-order chi connectivity index (χ0) is 20.8. The van der Waals surface area contributed by atoms with E-state index in [0.717, 1.165) is 17.0 Å². The highest BCUT2D eigenvalue weighted by molar-refractivity contribution is 7.78. The second-order valence-electron chi connectivity index (χ2n) is 8.12. The van der Waals surface area contributed by atoms with E-state index in [1.807, 2.05) is 42.5 Å². The molecule has 0 aliphatic heterocycles. The highest BCUT2D eigenvalue weighted by Crippen LogP contribution is 2.42. The topological polar surface area (TPSA) is 37.3 Å². The summed E-state index contributed by atoms with van der Waals surface area (Å²) >= 11 is 0. The monoisotopic (exact) mass is 414 g/mol. The Bertz CT molecular complexity index is 709. The van der Waals surface area contributed by atoms with Crippen LogP contribution in [0.15, 0.2) is 54.6 Å². The van der Waals surface area contributed by atoms with Gasteiger partial charge in [0.2, 0.25) is 0 Å². The highest BCUT2D eigenvalue weighted by atomic mass is 31.2. The molecule has 1 unspecified atom stereocenters. The van der Waals surface area contributed by atoms with Crippen molar-refractivity contribution < 1.29 is 9.67 Å². The van der Waals surface area contributed by atoms with Crippen molar-refractivity contribution in [2.24, 2.45) is 0 Å². The molecular formula is C26H39O2P. The minimum absolute atomic E-state index is 0.0630. The minimum atomic E-state index is -2.75. The van der Waals surface area contributed by atoms with Crippen LogP contribution in [0.2, 0.25) is 0 Å². The van der Waals surface area contributed by atoms with Crippen molar-refractivity contribution in [2.75, 3.05) is 12.8 Å². The van der Waals surface area contributed by atoms with Crippen LogP contribution in [0.5, 0.6) is 0 Å². The Balaban J connectivity index is 1.76. The fraction of sp³-hybridized carbons (Fsp3) is 0.538. The van der Waals surface area contributed by atoms with Crippen LogP contribution in [-0.4, -0.2) is 17.9 Å². The average molecular weight is 415 g/mol. The van der Waals surface area contributed by atoms with Gasteiger partial charge in [-0.05, 0) is 18.4 Å². The van der Waals surface area contributed by atoms with Gasteiger partial charge in [-0.15, -0.1) is 0 Å². The summed E-state index contributed by atoms with van der Waals surface area (Å²) in [6, 6.07) is 17.8. The molecule has 0 spiro atoms. The van der Waals surface area contributed by atoms with Crippen LogP contribution in [0.25, 0.3) is 0 Å². The van der Waals surface area contributed by atoms with Crippen molar-refractivity contribution in [3.63, 3.8) is 0 Å². The molecule has 1 atom stereocenters. The Labute approximate surface area is 178 Å². The molecule has 0 aromatic heterocycles. The van der Waals surface area contributed by atoms with Gasteiger partial charge in [-0.2, -0.15) is 0 Å². The van der Waals surface area contributed by atoms with Crippen molar-refractivity contribution in [3.8, 4) is 0 Å². The number of unbranched alkanes of at least 4 members (excludes halogenated alkanes) is 9. The molecule has 2 aromatic carbocycles. The molecule has 0 heterocycles. The van der Waals surface area contributed by atoms with Crippen molar-refractivity contribution in [1.29, 1.82) is 0 Å². The summed E-state index contributed by atoms with van der Waals surface area (Å²) < 4.78 is 13.6. The van der Waals surface area contributed by atoms with E-state index in [4.69, 9.17) is 0 Å². The standard InChI is InChI=1S/C26H39O2P/c1-2-3-4-5-6-7-8-9-10-12-15-24-18-20-26(21-19-24)29(28,23-22-27)25-16-13-11-14-17-25/h11,13-14,16-21,27H,2-10,12,15,22-23H2,1H3. The van der Waals surface area contributed by atoms with Crippen LogP contribution in [0.1, 0.15) is 76.7 Å². The van der Waals surface area contributed by atoms with Gasteiger partial charge >= 0.3 is 0 Å². The maximum Gasteiger partial charge on any atom is 0.145 e. The molecule has 0 radical (unpaired) electrons. The van der Waals surface area contributed by atoms with Crippen LogP contribution in [0, 0.1) is 0 Å². The highest BCUT2D eigenvalue weighted by Gasteiger charge is 2.26. The normalized spacial score (nSPS) is 13.3. The van der Waals surface area contributed by atoms with E-state index >= 15 is 0 Å². The lowest BCUT2D eigenvalue weighted by atomic mass is 10.0. The first-order chi connectivity index (χ1) is 14.2. The largest absolute Gasteiger partial charge is 0.396 e. The predicted molar refractivity (Wildman–Crippen MR) is 127 cm³/mol. The fourth-order valence-electron chi connectivity index (χ4n) is 3.94. The number of aryl methyl sites for hydroxylation is 1. The molecule has 2 nitrogen and oxygen atoms in total. The molecule has 0 amide bonds. The van der Waals surface area contributed by atoms with E-state index in [1.54, 1.807) is 0 Å². The quantitative estimate of drug-likeness (QED) is 0.268. The Morgan fingerprint density at radius 2 is 1.21 bits per heavy atom. The van der Waals surface area contributed by atoms with E-state index < -0.39 is 7.14 Å². The fourth-order valence-corrected chi connectivity index (χ4v) is 6.32. The van der Waals surface area contributed by atoms with Gasteiger partial charge in [0.1, 0.15) is 7.14 Å². The van der Waals surface area contributed by atoms with E-state index in [1.165, 1.54) is 69.8 Å². The Kier molecular flexibility index (Phi) is 11.4. The summed E-state index contributed by atoms with van der Waals surface area (Å²) in [7, 11) is -2.75. The molecule has 0 saturated heterocycles. The lowest BCUT2D eigenvalue weighted by Gasteiger charge is -2.18. The van der Waals surface area contributed by atoms with Crippen molar-refractivity contribution in [3.05, 3.63) is 60.2 Å². The number of aliphatic hydroxyl groups is 1. The minimum Gasteiger partial charge on any atom is -0.396 e. The van der Waals surface area contributed by atoms with Gasteiger partial charge in [0.15, 0.2) is 0 Å². The lowest BCUT2D eigenvalue weighted by molar-refractivity contribution is 0.320. The SMILES string of the molecule is CCCCCCCCCCCCc1ccc(P(=O)(CCO)c2ccccc2)cc1. The summed E-state index contributed by atoms with van der Waals surface area (Å²) in [5.74, 6) is 0. The molecule has 29 heavy (non-hydrogen) atoms. The van der Waals surface area contributed by atoms with Gasteiger partial charge in [-0.25, -0.2) is 0 Å². The van der Waals surface area contributed by atoms with Gasteiger partial charge in [0.25, 0.3) is 0 Å². The van der Waals surface area contributed by atoms with Crippen LogP contribution >= 0.6 is 7.14 Å². The zero-order valence-corrected chi connectivity index (χ0v) is 19.1. The van der Waals surface area contributed by atoms with E-state index in [2.05, 4.69) is 19.1 Å². The maximum absolute atomic E-state index is 13.6. The predicted octanol–water partition coefficient (Wildman–Crippen LogP) is 6.46. The molecule has 2 aromatic rings. The molecular weight excluding hydrogens is 375 g/mol. The summed E-state index contributed by atoms with van der Waals surface area (Å²) in [6.45, 7) is 2.21. The van der Waals surface area contributed by atoms with E-state index in [0.29, 0.717) is 6.16 Å². The summed E-state index contributed by atoms with van der Waals surface area (Å²) in [5, 5.41) is 11.1. The number of aliphatic hydroxyl groups excluding tert-OH is 1. The Morgan fingerprint density at radius 3 is 1.76 bits per heavy atom. The van der Waals surface area contributed by atoms with Gasteiger partial charge in [-0.1, -0.05) is 119 Å². The molecule has 2 rings (SSSR count). The second-order valence-corrected chi connectivity index (χ2v) is 11.1. The molecule has 0 fully saturated rings. The molecule has 3 heteroatoms. The van der Waals surface area contributed by atoms with Gasteiger partial charge in [-0.3, -0.25) is 0 Å². The Morgan fingerprint density at radius 1 is 0.690 bits per heavy atom. The Hall–Kier alpha value is -1.37. The van der Waals surface area contributed by atoms with Crippen LogP contribution in [0.3, 0.4) is 0 Å². The molecule has 0 aliphatic rings. The van der Waals surface area contributed by atoms with E-state index in [-0.39, 0.29) is 6.61 Å². The average Bonchev–Trinajstić information content (AvgIpc) is 2.76. The number of hydrogen-bond donors (Lipinski definition) is 1. The molecule has 1 N–H and O–H groups in total. The van der Waals surface area contributed by atoms with Crippen LogP contribution < -0.4 is 10.6 Å². The summed E-state index contributed by atoms with van der Waals surface area (Å²) in [5.41, 5.74) is 1.32. The smallest absolute Gasteiger partial charge is 0.145 e. The zero-order valence-electron chi connectivity index (χ0n) is 18.2. The van der Waals surface area contributed by atoms with Gasteiger partial charge in [0.05, 0.1) is 6.61 Å². The molecule has 0 saturated carbocycles. The van der Waals surface area contributed by atoms with Crippen LogP contribution in [-0.2, 0) is 11.0 Å². The van der Waals surface area contributed by atoms with E-state index in [9.17, 15) is 9.67 Å².